The predicted molar refractivity (Wildman–Crippen MR) is 54.1 cm³/mol. The lowest BCUT2D eigenvalue weighted by Gasteiger charge is -2.37. The Hall–Kier alpha value is -0.120. The van der Waals surface area contributed by atoms with Crippen LogP contribution < -0.4 is 5.84 Å². The summed E-state index contributed by atoms with van der Waals surface area (Å²) in [5.74, 6) is 5.94. The van der Waals surface area contributed by atoms with Crippen LogP contribution in [0.4, 0.5) is 0 Å². The molecule has 0 aromatic heterocycles. The van der Waals surface area contributed by atoms with Crippen LogP contribution in [0.25, 0.3) is 0 Å². The topological polar surface area (TPSA) is 32.5 Å². The van der Waals surface area contributed by atoms with Crippen molar-refractivity contribution < 1.29 is 0 Å². The Balaban J connectivity index is 1.99. The SMILES string of the molecule is C[C@H]1CC2(CCN(C)CC2)CN1N. The van der Waals surface area contributed by atoms with Gasteiger partial charge in [0.25, 0.3) is 0 Å². The largest absolute Gasteiger partial charge is 0.306 e. The Bertz CT molecular complexity index is 173. The first-order valence-corrected chi connectivity index (χ1v) is 5.31. The van der Waals surface area contributed by atoms with Gasteiger partial charge in [-0.25, -0.2) is 5.01 Å². The normalized spacial score (nSPS) is 35.8. The van der Waals surface area contributed by atoms with E-state index < -0.39 is 0 Å². The second-order valence-corrected chi connectivity index (χ2v) is 5.03. The molecule has 2 aliphatic heterocycles. The van der Waals surface area contributed by atoms with Gasteiger partial charge < -0.3 is 4.90 Å². The lowest BCUT2D eigenvalue weighted by Crippen LogP contribution is -2.41. The van der Waals surface area contributed by atoms with E-state index in [4.69, 9.17) is 5.84 Å². The van der Waals surface area contributed by atoms with Crippen LogP contribution in [0.3, 0.4) is 0 Å². The minimum atomic E-state index is 0.556. The van der Waals surface area contributed by atoms with E-state index in [0.29, 0.717) is 11.5 Å². The third-order valence-electron chi connectivity index (χ3n) is 3.86. The number of nitrogens with two attached hydrogens (primary N) is 1. The number of hydrazine groups is 1. The van der Waals surface area contributed by atoms with E-state index in [2.05, 4.69) is 18.9 Å². The van der Waals surface area contributed by atoms with Crippen LogP contribution in [0.1, 0.15) is 26.2 Å². The Morgan fingerprint density at radius 2 is 1.92 bits per heavy atom. The fourth-order valence-electron chi connectivity index (χ4n) is 2.81. The van der Waals surface area contributed by atoms with Gasteiger partial charge in [0.1, 0.15) is 0 Å². The second-order valence-electron chi connectivity index (χ2n) is 5.03. The molecule has 2 heterocycles. The Morgan fingerprint density at radius 3 is 2.38 bits per heavy atom. The molecule has 1 atom stereocenters. The van der Waals surface area contributed by atoms with Crippen molar-refractivity contribution in [1.82, 2.24) is 9.91 Å². The van der Waals surface area contributed by atoms with Crippen molar-refractivity contribution in [2.45, 2.75) is 32.2 Å². The van der Waals surface area contributed by atoms with Crippen LogP contribution in [0.2, 0.25) is 0 Å². The molecule has 0 aromatic carbocycles. The van der Waals surface area contributed by atoms with Gasteiger partial charge >= 0.3 is 0 Å². The summed E-state index contributed by atoms with van der Waals surface area (Å²) in [6.07, 6.45) is 3.97. The van der Waals surface area contributed by atoms with Crippen molar-refractivity contribution in [2.24, 2.45) is 11.3 Å². The molecule has 2 aliphatic rings. The molecule has 2 rings (SSSR count). The van der Waals surface area contributed by atoms with Crippen LogP contribution in [0.5, 0.6) is 0 Å². The molecule has 0 aliphatic carbocycles. The maximum Gasteiger partial charge on any atom is 0.0218 e. The van der Waals surface area contributed by atoms with Gasteiger partial charge in [-0.1, -0.05) is 0 Å². The summed E-state index contributed by atoms with van der Waals surface area (Å²) in [4.78, 5) is 2.43. The molecule has 0 unspecified atom stereocenters. The molecule has 0 aromatic rings. The van der Waals surface area contributed by atoms with E-state index >= 15 is 0 Å². The molecule has 0 amide bonds. The quantitative estimate of drug-likeness (QED) is 0.560. The molecule has 0 radical (unpaired) electrons. The molecule has 3 nitrogen and oxygen atoms in total. The van der Waals surface area contributed by atoms with Gasteiger partial charge in [0.2, 0.25) is 0 Å². The average Bonchev–Trinajstić information content (AvgIpc) is 2.36. The van der Waals surface area contributed by atoms with Crippen molar-refractivity contribution in [2.75, 3.05) is 26.7 Å². The zero-order chi connectivity index (χ0) is 9.47. The Kier molecular flexibility index (Phi) is 2.34. The Morgan fingerprint density at radius 1 is 1.31 bits per heavy atom. The van der Waals surface area contributed by atoms with Gasteiger partial charge in [0.05, 0.1) is 0 Å². The van der Waals surface area contributed by atoms with Crippen LogP contribution in [0.15, 0.2) is 0 Å². The number of nitrogens with zero attached hydrogens (tertiary/aromatic N) is 2. The highest BCUT2D eigenvalue weighted by Crippen LogP contribution is 2.41. The number of rotatable bonds is 0. The van der Waals surface area contributed by atoms with E-state index in [9.17, 15) is 0 Å². The number of hydrogen-bond donors (Lipinski definition) is 1. The van der Waals surface area contributed by atoms with E-state index in [0.717, 1.165) is 6.54 Å². The fourth-order valence-corrected chi connectivity index (χ4v) is 2.81. The number of hydrogen-bond acceptors (Lipinski definition) is 3. The van der Waals surface area contributed by atoms with Gasteiger partial charge in [0.15, 0.2) is 0 Å². The molecule has 0 bridgehead atoms. The van der Waals surface area contributed by atoms with Crippen molar-refractivity contribution in [3.63, 3.8) is 0 Å². The van der Waals surface area contributed by atoms with Crippen LogP contribution >= 0.6 is 0 Å². The van der Waals surface area contributed by atoms with Crippen molar-refractivity contribution in [3.05, 3.63) is 0 Å². The summed E-state index contributed by atoms with van der Waals surface area (Å²) < 4.78 is 0. The monoisotopic (exact) mass is 183 g/mol. The lowest BCUT2D eigenvalue weighted by molar-refractivity contribution is 0.126. The maximum atomic E-state index is 5.94. The number of likely N-dealkylation sites (tertiary alicyclic amines) is 1. The summed E-state index contributed by atoms with van der Waals surface area (Å²) >= 11 is 0. The summed E-state index contributed by atoms with van der Waals surface area (Å²) in [5.41, 5.74) is 0.556. The summed E-state index contributed by atoms with van der Waals surface area (Å²) in [7, 11) is 2.21. The first-order valence-electron chi connectivity index (χ1n) is 5.31. The third-order valence-corrected chi connectivity index (χ3v) is 3.86. The van der Waals surface area contributed by atoms with E-state index in [1.807, 2.05) is 5.01 Å². The molecule has 2 N–H and O–H groups in total. The second kappa shape index (κ2) is 3.23. The molecule has 2 fully saturated rings. The smallest absolute Gasteiger partial charge is 0.0218 e. The highest BCUT2D eigenvalue weighted by Gasteiger charge is 2.42. The van der Waals surface area contributed by atoms with E-state index in [1.165, 1.54) is 32.4 Å². The van der Waals surface area contributed by atoms with Gasteiger partial charge in [-0.2, -0.15) is 0 Å². The van der Waals surface area contributed by atoms with Crippen LogP contribution in [0, 0.1) is 5.41 Å². The molecular weight excluding hydrogens is 162 g/mol. The minimum Gasteiger partial charge on any atom is -0.306 e. The maximum absolute atomic E-state index is 5.94. The van der Waals surface area contributed by atoms with Crippen molar-refractivity contribution in [3.8, 4) is 0 Å². The molecule has 1 spiro atoms. The van der Waals surface area contributed by atoms with Crippen LogP contribution in [-0.2, 0) is 0 Å². The van der Waals surface area contributed by atoms with Gasteiger partial charge in [0, 0.05) is 12.6 Å². The van der Waals surface area contributed by atoms with Crippen molar-refractivity contribution in [1.29, 1.82) is 0 Å². The molecule has 76 valence electrons. The molecule has 3 heteroatoms. The van der Waals surface area contributed by atoms with Gasteiger partial charge in [-0.3, -0.25) is 5.84 Å². The minimum absolute atomic E-state index is 0.556. The summed E-state index contributed by atoms with van der Waals surface area (Å²) in [5, 5.41) is 2.03. The molecule has 2 saturated heterocycles. The van der Waals surface area contributed by atoms with Gasteiger partial charge in [-0.15, -0.1) is 0 Å². The standard InChI is InChI=1S/C10H21N3/c1-9-7-10(8-13(9)11)3-5-12(2)6-4-10/h9H,3-8,11H2,1-2H3/t9-/m0/s1. The predicted octanol–water partition coefficient (Wildman–Crippen LogP) is 0.666. The zero-order valence-corrected chi connectivity index (χ0v) is 8.79. The molecule has 0 saturated carbocycles. The summed E-state index contributed by atoms with van der Waals surface area (Å²) in [6.45, 7) is 5.86. The van der Waals surface area contributed by atoms with Crippen LogP contribution in [-0.4, -0.2) is 42.6 Å². The number of piperidine rings is 1. The van der Waals surface area contributed by atoms with Crippen molar-refractivity contribution >= 4 is 0 Å². The lowest BCUT2D eigenvalue weighted by atomic mass is 9.77. The first kappa shape index (κ1) is 9.44. The molecule has 13 heavy (non-hydrogen) atoms. The zero-order valence-electron chi connectivity index (χ0n) is 8.79. The third kappa shape index (κ3) is 1.73. The van der Waals surface area contributed by atoms with E-state index in [-0.39, 0.29) is 0 Å². The first-order chi connectivity index (χ1) is 6.11. The summed E-state index contributed by atoms with van der Waals surface area (Å²) in [6, 6.07) is 0.586. The molecular formula is C10H21N3. The fraction of sp³-hybridized carbons (Fsp3) is 1.00. The average molecular weight is 183 g/mol. The van der Waals surface area contributed by atoms with Gasteiger partial charge in [-0.05, 0) is 51.7 Å². The van der Waals surface area contributed by atoms with E-state index in [1.54, 1.807) is 0 Å². The highest BCUT2D eigenvalue weighted by atomic mass is 15.4. The Labute approximate surface area is 80.8 Å². The highest BCUT2D eigenvalue weighted by molar-refractivity contribution is 4.95.